The molecule has 0 fully saturated rings. The average molecular weight is 485 g/mol. The Morgan fingerprint density at radius 3 is 2.75 bits per heavy atom. The Hall–Kier alpha value is -2.13. The lowest BCUT2D eigenvalue weighted by molar-refractivity contribution is 0.0963. The van der Waals surface area contributed by atoms with Gasteiger partial charge in [-0.05, 0) is 58.7 Å². The molecule has 0 saturated heterocycles. The molecule has 0 aliphatic rings. The lowest BCUT2D eigenvalue weighted by Gasteiger charge is -2.20. The normalized spacial score (nSPS) is 11.9. The molecule has 1 aromatic carbocycles. The number of amides is 1. The maximum absolute atomic E-state index is 12.3. The van der Waals surface area contributed by atoms with Crippen LogP contribution in [0.4, 0.5) is 5.69 Å². The molecule has 28 heavy (non-hydrogen) atoms. The van der Waals surface area contributed by atoms with Crippen LogP contribution >= 0.6 is 39.1 Å². The van der Waals surface area contributed by atoms with Crippen LogP contribution in [0.25, 0.3) is 5.82 Å². The van der Waals surface area contributed by atoms with Gasteiger partial charge in [0.25, 0.3) is 5.91 Å². The van der Waals surface area contributed by atoms with Crippen LogP contribution in [0.5, 0.6) is 0 Å². The van der Waals surface area contributed by atoms with E-state index in [4.69, 9.17) is 23.2 Å². The molecule has 3 rings (SSSR count). The number of pyridine rings is 1. The van der Waals surface area contributed by atoms with Crippen LogP contribution in [-0.2, 0) is 0 Å². The van der Waals surface area contributed by atoms with Crippen molar-refractivity contribution >= 4 is 50.7 Å². The highest BCUT2D eigenvalue weighted by Crippen LogP contribution is 2.30. The first-order valence-corrected chi connectivity index (χ1v) is 9.70. The molecule has 3 N–H and O–H groups in total. The van der Waals surface area contributed by atoms with Gasteiger partial charge in [-0.2, -0.15) is 5.10 Å². The van der Waals surface area contributed by atoms with Gasteiger partial charge in [-0.3, -0.25) is 4.79 Å². The molecule has 10 heteroatoms. The molecule has 2 heterocycles. The highest BCUT2D eigenvalue weighted by atomic mass is 79.9. The highest BCUT2D eigenvalue weighted by molar-refractivity contribution is 9.10. The molecular formula is C18H16BrCl2N5O2. The molecule has 146 valence electrons. The maximum atomic E-state index is 12.3. The monoisotopic (exact) mass is 483 g/mol. The largest absolute Gasteiger partial charge is 0.368 e. The molecule has 1 atom stereocenters. The first-order valence-electron chi connectivity index (χ1n) is 8.15. The number of halogens is 3. The molecule has 7 nitrogen and oxygen atoms in total. The van der Waals surface area contributed by atoms with Crippen molar-refractivity contribution in [2.75, 3.05) is 12.4 Å². The number of aryl methyl sites for hydroxylation is 1. The number of nitrogens with one attached hydrogen (secondary N) is 2. The number of rotatable bonds is 5. The van der Waals surface area contributed by atoms with E-state index in [0.717, 1.165) is 0 Å². The number of nitrogens with zero attached hydrogens (tertiary/aromatic N) is 3. The summed E-state index contributed by atoms with van der Waals surface area (Å²) >= 11 is 15.6. The van der Waals surface area contributed by atoms with E-state index in [1.165, 1.54) is 17.8 Å². The van der Waals surface area contributed by atoms with E-state index in [-0.39, 0.29) is 5.91 Å². The highest BCUT2D eigenvalue weighted by Gasteiger charge is 2.22. The summed E-state index contributed by atoms with van der Waals surface area (Å²) in [6.07, 6.45) is 0.369. The summed E-state index contributed by atoms with van der Waals surface area (Å²) in [7, 11) is 1.52. The van der Waals surface area contributed by atoms with Crippen molar-refractivity contribution in [3.63, 3.8) is 0 Å². The number of anilines is 1. The third-order valence-electron chi connectivity index (χ3n) is 3.98. The standard InChI is InChI=1S/C18H16BrCl2N5O2/c1-9-6-10(20)7-11(17(27)22-2)15(9)24-18(28)13-8-14(19)25-26(13)16-12(21)4-3-5-23-16/h3-8,18,24,28H,1-2H3,(H,22,27). The van der Waals surface area contributed by atoms with Crippen molar-refractivity contribution in [1.82, 2.24) is 20.1 Å². The summed E-state index contributed by atoms with van der Waals surface area (Å²) in [5.74, 6) is 0.0350. The second-order valence-electron chi connectivity index (χ2n) is 5.88. The number of carbonyl (C=O) groups is 1. The van der Waals surface area contributed by atoms with Crippen molar-refractivity contribution in [1.29, 1.82) is 0 Å². The smallest absolute Gasteiger partial charge is 0.253 e. The molecule has 2 aromatic heterocycles. The van der Waals surface area contributed by atoms with Gasteiger partial charge in [0.15, 0.2) is 12.0 Å². The maximum Gasteiger partial charge on any atom is 0.253 e. The zero-order valence-corrected chi connectivity index (χ0v) is 18.0. The van der Waals surface area contributed by atoms with Crippen LogP contribution in [0.2, 0.25) is 10.0 Å². The van der Waals surface area contributed by atoms with Crippen LogP contribution in [0.15, 0.2) is 41.1 Å². The average Bonchev–Trinajstić information content (AvgIpc) is 3.05. The Balaban J connectivity index is 2.03. The first-order chi connectivity index (χ1) is 13.3. The Bertz CT molecular complexity index is 1040. The predicted molar refractivity (Wildman–Crippen MR) is 112 cm³/mol. The summed E-state index contributed by atoms with van der Waals surface area (Å²) in [5.41, 5.74) is 1.84. The van der Waals surface area contributed by atoms with Crippen LogP contribution in [0.3, 0.4) is 0 Å². The van der Waals surface area contributed by atoms with Crippen molar-refractivity contribution in [3.8, 4) is 5.82 Å². The second-order valence-corrected chi connectivity index (χ2v) is 7.54. The lowest BCUT2D eigenvalue weighted by Crippen LogP contribution is -2.22. The molecule has 0 spiro atoms. The molecule has 3 aromatic rings. The zero-order chi connectivity index (χ0) is 20.4. The molecule has 0 radical (unpaired) electrons. The topological polar surface area (TPSA) is 92.1 Å². The van der Waals surface area contributed by atoms with E-state index in [1.54, 1.807) is 37.4 Å². The van der Waals surface area contributed by atoms with Gasteiger partial charge in [0.1, 0.15) is 4.60 Å². The van der Waals surface area contributed by atoms with Crippen LogP contribution in [-0.4, -0.2) is 32.8 Å². The fourth-order valence-electron chi connectivity index (χ4n) is 2.72. The van der Waals surface area contributed by atoms with Gasteiger partial charge in [-0.15, -0.1) is 0 Å². The number of hydrogen-bond acceptors (Lipinski definition) is 5. The second kappa shape index (κ2) is 8.48. The van der Waals surface area contributed by atoms with E-state index in [0.29, 0.717) is 43.0 Å². The van der Waals surface area contributed by atoms with Crippen LogP contribution in [0, 0.1) is 6.92 Å². The van der Waals surface area contributed by atoms with E-state index >= 15 is 0 Å². The van der Waals surface area contributed by atoms with Crippen molar-refractivity contribution in [2.24, 2.45) is 0 Å². The summed E-state index contributed by atoms with van der Waals surface area (Å²) in [6.45, 7) is 1.79. The van der Waals surface area contributed by atoms with Crippen molar-refractivity contribution < 1.29 is 9.90 Å². The Morgan fingerprint density at radius 1 is 1.32 bits per heavy atom. The fraction of sp³-hybridized carbons (Fsp3) is 0.167. The number of benzene rings is 1. The number of aromatic nitrogens is 3. The Kier molecular flexibility index (Phi) is 6.24. The van der Waals surface area contributed by atoms with E-state index in [9.17, 15) is 9.90 Å². The number of carbonyl (C=O) groups excluding carboxylic acids is 1. The number of aliphatic hydroxyl groups excluding tert-OH is 1. The van der Waals surface area contributed by atoms with E-state index < -0.39 is 6.23 Å². The summed E-state index contributed by atoms with van der Waals surface area (Å²) in [6, 6.07) is 8.24. The molecule has 0 saturated carbocycles. The molecule has 0 aliphatic heterocycles. The first kappa shape index (κ1) is 20.6. The molecular weight excluding hydrogens is 469 g/mol. The molecule has 0 bridgehead atoms. The number of hydrogen-bond donors (Lipinski definition) is 3. The van der Waals surface area contributed by atoms with Gasteiger partial charge < -0.3 is 15.7 Å². The summed E-state index contributed by atoms with van der Waals surface area (Å²) in [5, 5.41) is 21.5. The predicted octanol–water partition coefficient (Wildman–Crippen LogP) is 4.11. The van der Waals surface area contributed by atoms with E-state index in [1.807, 2.05) is 0 Å². The minimum absolute atomic E-state index is 0.313. The SMILES string of the molecule is CNC(=O)c1cc(Cl)cc(C)c1NC(O)c1cc(Br)nn1-c1ncccc1Cl. The third-order valence-corrected chi connectivity index (χ3v) is 4.88. The third kappa shape index (κ3) is 4.15. The lowest BCUT2D eigenvalue weighted by atomic mass is 10.1. The van der Waals surface area contributed by atoms with Crippen LogP contribution < -0.4 is 10.6 Å². The molecule has 1 amide bonds. The van der Waals surface area contributed by atoms with Crippen molar-refractivity contribution in [3.05, 3.63) is 68.0 Å². The van der Waals surface area contributed by atoms with Gasteiger partial charge >= 0.3 is 0 Å². The van der Waals surface area contributed by atoms with Gasteiger partial charge in [0.2, 0.25) is 0 Å². The minimum atomic E-state index is -1.21. The van der Waals surface area contributed by atoms with E-state index in [2.05, 4.69) is 36.6 Å². The van der Waals surface area contributed by atoms with Gasteiger partial charge in [-0.25, -0.2) is 9.67 Å². The van der Waals surface area contributed by atoms with Gasteiger partial charge in [0.05, 0.1) is 22.0 Å². The Morgan fingerprint density at radius 2 is 2.07 bits per heavy atom. The molecule has 0 aliphatic carbocycles. The molecule has 1 unspecified atom stereocenters. The van der Waals surface area contributed by atoms with Gasteiger partial charge in [-0.1, -0.05) is 23.2 Å². The zero-order valence-electron chi connectivity index (χ0n) is 14.9. The quantitative estimate of drug-likeness (QED) is 0.474. The minimum Gasteiger partial charge on any atom is -0.368 e. The Labute approximate surface area is 179 Å². The van der Waals surface area contributed by atoms with Gasteiger partial charge in [0, 0.05) is 18.3 Å². The number of aliphatic hydroxyl groups is 1. The fourth-order valence-corrected chi connectivity index (χ4v) is 3.59. The summed E-state index contributed by atoms with van der Waals surface area (Å²) < 4.78 is 1.92. The summed E-state index contributed by atoms with van der Waals surface area (Å²) in [4.78, 5) is 16.5. The van der Waals surface area contributed by atoms with Crippen LogP contribution in [0.1, 0.15) is 27.8 Å². The van der Waals surface area contributed by atoms with Crippen molar-refractivity contribution in [2.45, 2.75) is 13.2 Å².